The van der Waals surface area contributed by atoms with Crippen LogP contribution in [0.2, 0.25) is 0 Å². The van der Waals surface area contributed by atoms with Crippen molar-refractivity contribution in [2.24, 2.45) is 0 Å². The lowest BCUT2D eigenvalue weighted by atomic mass is 9.96. The Hall–Kier alpha value is -2.87. The fraction of sp³-hybridized carbons (Fsp3) is 0.613. The Morgan fingerprint density at radius 3 is 0.875 bits per heavy atom. The van der Waals surface area contributed by atoms with E-state index in [2.05, 4.69) is 98.8 Å². The zero-order valence-electron chi connectivity index (χ0n) is 41.4. The number of benzene rings is 4. The van der Waals surface area contributed by atoms with Gasteiger partial charge >= 0.3 is 0 Å². The van der Waals surface area contributed by atoms with Crippen LogP contribution in [0.15, 0.2) is 84.9 Å². The molecular weight excluding hydrogens is 794 g/mol. The van der Waals surface area contributed by atoms with Gasteiger partial charge in [0, 0.05) is 24.0 Å². The first-order chi connectivity index (χ1) is 31.3. The van der Waals surface area contributed by atoms with Gasteiger partial charge in [0.1, 0.15) is 11.4 Å². The van der Waals surface area contributed by atoms with E-state index in [0.717, 1.165) is 17.3 Å². The van der Waals surface area contributed by atoms with E-state index in [1.807, 2.05) is 0 Å². The van der Waals surface area contributed by atoms with E-state index >= 15 is 0 Å². The number of hydrogen-bond acceptors (Lipinski definition) is 0. The molecule has 0 heterocycles. The minimum absolute atomic E-state index is 0. The quantitative estimate of drug-likeness (QED) is 0.0272. The summed E-state index contributed by atoms with van der Waals surface area (Å²) in [6, 6.07) is 33.3. The second-order valence-electron chi connectivity index (χ2n) is 20.3. The second kappa shape index (κ2) is 30.4. The molecule has 0 aliphatic heterocycles. The highest BCUT2D eigenvalue weighted by molar-refractivity contribution is 5.86. The number of fused-ring (bicyclic) bond motifs is 6. The maximum Gasteiger partial charge on any atom is 0.142 e. The van der Waals surface area contributed by atoms with Crippen molar-refractivity contribution in [2.45, 2.75) is 232 Å². The molecule has 2 aliphatic carbocycles. The van der Waals surface area contributed by atoms with Crippen molar-refractivity contribution in [3.63, 3.8) is 0 Å². The predicted octanol–water partition coefficient (Wildman–Crippen LogP) is 17.0. The van der Waals surface area contributed by atoms with Crippen LogP contribution in [-0.2, 0) is 12.8 Å². The molecule has 0 radical (unpaired) electrons. The summed E-state index contributed by atoms with van der Waals surface area (Å²) in [5, 5.41) is 0. The summed E-state index contributed by atoms with van der Waals surface area (Å²) in [6.45, 7) is 7.05. The fourth-order valence-electron chi connectivity index (χ4n) is 11.7. The molecular formula is C62H92ClN. The summed E-state index contributed by atoms with van der Waals surface area (Å²) >= 11 is 0. The zero-order valence-corrected chi connectivity index (χ0v) is 42.1. The first-order valence-electron chi connectivity index (χ1n) is 27.6. The van der Waals surface area contributed by atoms with Gasteiger partial charge in [-0.2, -0.15) is 0 Å². The molecule has 0 N–H and O–H groups in total. The molecule has 2 aliphatic rings. The van der Waals surface area contributed by atoms with Crippen molar-refractivity contribution >= 4 is 11.4 Å². The molecule has 0 spiro atoms. The first-order valence-corrected chi connectivity index (χ1v) is 27.6. The molecule has 0 saturated heterocycles. The topological polar surface area (TPSA) is 0 Å². The summed E-state index contributed by atoms with van der Waals surface area (Å²) in [5.74, 6) is 0. The summed E-state index contributed by atoms with van der Waals surface area (Å²) in [6.07, 6.45) is 47.5. The normalized spacial score (nSPS) is 12.5. The van der Waals surface area contributed by atoms with Gasteiger partial charge < -0.3 is 12.4 Å². The highest BCUT2D eigenvalue weighted by Crippen LogP contribution is 2.51. The molecule has 0 unspecified atom stereocenters. The van der Waals surface area contributed by atoms with Crippen LogP contribution < -0.4 is 16.9 Å². The monoisotopic (exact) mass is 886 g/mol. The predicted molar refractivity (Wildman–Crippen MR) is 280 cm³/mol. The Morgan fingerprint density at radius 1 is 0.297 bits per heavy atom. The molecule has 0 fully saturated rings. The van der Waals surface area contributed by atoms with E-state index in [1.165, 1.54) is 252 Å². The number of nitrogens with zero attached hydrogens (tertiary/aromatic N) is 1. The average Bonchev–Trinajstić information content (AvgIpc) is 3.89. The van der Waals surface area contributed by atoms with Crippen molar-refractivity contribution in [3.05, 3.63) is 107 Å². The van der Waals surface area contributed by atoms with Gasteiger partial charge in [0.25, 0.3) is 0 Å². The van der Waals surface area contributed by atoms with Crippen LogP contribution in [0, 0.1) is 0 Å². The summed E-state index contributed by atoms with van der Waals surface area (Å²) < 4.78 is 1.02. The second-order valence-corrected chi connectivity index (χ2v) is 20.3. The van der Waals surface area contributed by atoms with Crippen LogP contribution in [-0.4, -0.2) is 13.1 Å². The Labute approximate surface area is 401 Å². The lowest BCUT2D eigenvalue weighted by Gasteiger charge is -2.41. The van der Waals surface area contributed by atoms with Crippen LogP contribution in [0.3, 0.4) is 0 Å². The first kappa shape index (κ1) is 52.1. The molecule has 4 aromatic carbocycles. The van der Waals surface area contributed by atoms with Crippen LogP contribution in [0.25, 0.3) is 22.3 Å². The SMILES string of the molecule is CCCCCCCCCCCCCCCCCC[N+](CCCCCCCCCCCCCCCCCC)(c1cccc2c1Cc1ccccc1-2)c1cccc2c1Cc1ccccc1-2.[Cl-]. The zero-order chi connectivity index (χ0) is 43.6. The van der Waals surface area contributed by atoms with Gasteiger partial charge in [-0.25, -0.2) is 0 Å². The Bertz CT molecular complexity index is 1720. The molecule has 1 nitrogen and oxygen atoms in total. The van der Waals surface area contributed by atoms with E-state index in [1.54, 1.807) is 22.5 Å². The lowest BCUT2D eigenvalue weighted by molar-refractivity contribution is -0.0000130. The van der Waals surface area contributed by atoms with Crippen molar-refractivity contribution in [3.8, 4) is 22.3 Å². The highest BCUT2D eigenvalue weighted by Gasteiger charge is 2.40. The Kier molecular flexibility index (Phi) is 24.8. The highest BCUT2D eigenvalue weighted by atomic mass is 35.5. The van der Waals surface area contributed by atoms with Gasteiger partial charge in [-0.05, 0) is 71.2 Å². The van der Waals surface area contributed by atoms with Gasteiger partial charge in [-0.3, -0.25) is 4.48 Å². The van der Waals surface area contributed by atoms with Gasteiger partial charge in [0.15, 0.2) is 0 Å². The van der Waals surface area contributed by atoms with Crippen LogP contribution >= 0.6 is 0 Å². The van der Waals surface area contributed by atoms with Gasteiger partial charge in [0.05, 0.1) is 13.1 Å². The molecule has 2 heteroatoms. The fourth-order valence-corrected chi connectivity index (χ4v) is 11.7. The minimum atomic E-state index is 0. The third-order valence-electron chi connectivity index (χ3n) is 15.4. The maximum absolute atomic E-state index is 2.56. The summed E-state index contributed by atoms with van der Waals surface area (Å²) in [7, 11) is 0. The molecule has 352 valence electrons. The minimum Gasteiger partial charge on any atom is -1.00 e. The molecule has 6 rings (SSSR count). The van der Waals surface area contributed by atoms with Gasteiger partial charge in [-0.15, -0.1) is 0 Å². The third kappa shape index (κ3) is 15.6. The number of rotatable bonds is 36. The standard InChI is InChI=1S/C62H92N.ClH/c1-3-5-7-9-11-13-15-17-19-21-23-25-27-29-31-37-49-63(61-47-39-45-57-55-43-35-33-41-53(55)51-59(57)61,62-48-40-46-58-56-44-36-34-42-54(56)52-60(58)62)50-38-32-30-28-26-24-22-20-18-16-14-12-10-8-6-4-2;/h33-36,39-48H,3-32,37-38,49-52H2,1-2H3;1H/q+1;/p-1. The third-order valence-corrected chi connectivity index (χ3v) is 15.4. The van der Waals surface area contributed by atoms with Crippen molar-refractivity contribution in [1.29, 1.82) is 0 Å². The smallest absolute Gasteiger partial charge is 0.142 e. The molecule has 4 aromatic rings. The van der Waals surface area contributed by atoms with Crippen LogP contribution in [0.4, 0.5) is 11.4 Å². The number of hydrogen-bond donors (Lipinski definition) is 0. The number of unbranched alkanes of at least 4 members (excludes halogenated alkanes) is 30. The van der Waals surface area contributed by atoms with E-state index in [-0.39, 0.29) is 12.4 Å². The van der Waals surface area contributed by atoms with Gasteiger partial charge in [-0.1, -0.05) is 266 Å². The van der Waals surface area contributed by atoms with Gasteiger partial charge in [0.2, 0.25) is 0 Å². The average molecular weight is 887 g/mol. The van der Waals surface area contributed by atoms with E-state index in [0.29, 0.717) is 0 Å². The Morgan fingerprint density at radius 2 is 0.562 bits per heavy atom. The van der Waals surface area contributed by atoms with Crippen molar-refractivity contribution < 1.29 is 12.4 Å². The maximum atomic E-state index is 2.56. The number of quaternary nitrogens is 1. The molecule has 64 heavy (non-hydrogen) atoms. The largest absolute Gasteiger partial charge is 1.00 e. The van der Waals surface area contributed by atoms with E-state index < -0.39 is 0 Å². The molecule has 0 atom stereocenters. The Balaban J connectivity index is 0.00000771. The lowest BCUT2D eigenvalue weighted by Crippen LogP contribution is -3.00. The summed E-state index contributed by atoms with van der Waals surface area (Å²) in [5.41, 5.74) is 15.3. The summed E-state index contributed by atoms with van der Waals surface area (Å²) in [4.78, 5) is 0. The molecule has 0 amide bonds. The van der Waals surface area contributed by atoms with Crippen LogP contribution in [0.1, 0.15) is 242 Å². The van der Waals surface area contributed by atoms with Crippen LogP contribution in [0.5, 0.6) is 0 Å². The molecule has 0 bridgehead atoms. The van der Waals surface area contributed by atoms with E-state index in [9.17, 15) is 0 Å². The molecule has 0 saturated carbocycles. The van der Waals surface area contributed by atoms with E-state index in [4.69, 9.17) is 0 Å². The van der Waals surface area contributed by atoms with Crippen molar-refractivity contribution in [1.82, 2.24) is 4.48 Å². The number of halogens is 1. The molecule has 0 aromatic heterocycles. The van der Waals surface area contributed by atoms with Crippen molar-refractivity contribution in [2.75, 3.05) is 13.1 Å².